The molecule has 2 heterocycles. The van der Waals surface area contributed by atoms with E-state index in [0.717, 1.165) is 24.9 Å². The molecule has 2 rings (SSSR count). The number of hydrogen-bond acceptors (Lipinski definition) is 4. The SMILES string of the molecule is CCOC(=O)C1CCCN(Cc2cnc(Cl)cc2Cl)C1. The van der Waals surface area contributed by atoms with E-state index in [4.69, 9.17) is 27.9 Å². The maximum absolute atomic E-state index is 11.8. The number of likely N-dealkylation sites (tertiary alicyclic amines) is 1. The van der Waals surface area contributed by atoms with Crippen molar-refractivity contribution in [2.75, 3.05) is 19.7 Å². The van der Waals surface area contributed by atoms with Crippen LogP contribution in [0, 0.1) is 5.92 Å². The van der Waals surface area contributed by atoms with Gasteiger partial charge in [-0.05, 0) is 32.4 Å². The van der Waals surface area contributed by atoms with Gasteiger partial charge in [0.05, 0.1) is 12.5 Å². The number of aromatic nitrogens is 1. The second-order valence-corrected chi connectivity index (χ2v) is 5.72. The number of carbonyl (C=O) groups is 1. The van der Waals surface area contributed by atoms with E-state index in [9.17, 15) is 4.79 Å². The molecule has 1 fully saturated rings. The molecule has 1 atom stereocenters. The van der Waals surface area contributed by atoms with Crippen molar-refractivity contribution in [3.8, 4) is 0 Å². The number of halogens is 2. The van der Waals surface area contributed by atoms with Gasteiger partial charge in [-0.2, -0.15) is 0 Å². The first-order chi connectivity index (χ1) is 9.60. The number of esters is 1. The van der Waals surface area contributed by atoms with Crippen molar-refractivity contribution in [1.82, 2.24) is 9.88 Å². The summed E-state index contributed by atoms with van der Waals surface area (Å²) in [6, 6.07) is 1.64. The van der Waals surface area contributed by atoms with E-state index in [-0.39, 0.29) is 11.9 Å². The molecule has 6 heteroatoms. The lowest BCUT2D eigenvalue weighted by atomic mass is 9.98. The van der Waals surface area contributed by atoms with Crippen LogP contribution in [0.2, 0.25) is 10.2 Å². The molecule has 0 saturated carbocycles. The first kappa shape index (κ1) is 15.5. The average Bonchev–Trinajstić information content (AvgIpc) is 2.43. The van der Waals surface area contributed by atoms with Crippen LogP contribution < -0.4 is 0 Å². The second kappa shape index (κ2) is 7.25. The molecule has 0 aromatic carbocycles. The van der Waals surface area contributed by atoms with Gasteiger partial charge in [0.1, 0.15) is 5.15 Å². The number of carbonyl (C=O) groups excluding carboxylic acids is 1. The van der Waals surface area contributed by atoms with Crippen molar-refractivity contribution in [1.29, 1.82) is 0 Å². The number of nitrogens with zero attached hydrogens (tertiary/aromatic N) is 2. The predicted octanol–water partition coefficient (Wildman–Crippen LogP) is 3.16. The van der Waals surface area contributed by atoms with Crippen LogP contribution in [0.15, 0.2) is 12.3 Å². The van der Waals surface area contributed by atoms with Crippen LogP contribution >= 0.6 is 23.2 Å². The molecular weight excluding hydrogens is 299 g/mol. The lowest BCUT2D eigenvalue weighted by Crippen LogP contribution is -2.39. The molecule has 0 N–H and O–H groups in total. The van der Waals surface area contributed by atoms with Gasteiger partial charge in [-0.3, -0.25) is 9.69 Å². The topological polar surface area (TPSA) is 42.4 Å². The Kier molecular flexibility index (Phi) is 5.64. The van der Waals surface area contributed by atoms with Crippen LogP contribution in [0.25, 0.3) is 0 Å². The normalized spacial score (nSPS) is 19.9. The van der Waals surface area contributed by atoms with Crippen molar-refractivity contribution < 1.29 is 9.53 Å². The summed E-state index contributed by atoms with van der Waals surface area (Å²) in [4.78, 5) is 18.1. The molecule has 1 aliphatic heterocycles. The Balaban J connectivity index is 1.97. The van der Waals surface area contributed by atoms with Gasteiger partial charge in [0.15, 0.2) is 0 Å². The molecule has 0 aliphatic carbocycles. The minimum Gasteiger partial charge on any atom is -0.466 e. The van der Waals surface area contributed by atoms with Gasteiger partial charge in [-0.15, -0.1) is 0 Å². The smallest absolute Gasteiger partial charge is 0.310 e. The molecule has 0 spiro atoms. The Bertz CT molecular complexity index is 482. The molecule has 110 valence electrons. The van der Waals surface area contributed by atoms with Crippen LogP contribution in [-0.2, 0) is 16.1 Å². The fourth-order valence-electron chi connectivity index (χ4n) is 2.44. The zero-order valence-corrected chi connectivity index (χ0v) is 13.0. The highest BCUT2D eigenvalue weighted by Crippen LogP contribution is 2.24. The number of ether oxygens (including phenoxy) is 1. The molecule has 4 nitrogen and oxygen atoms in total. The quantitative estimate of drug-likeness (QED) is 0.632. The molecule has 1 aromatic heterocycles. The zero-order valence-electron chi connectivity index (χ0n) is 11.4. The highest BCUT2D eigenvalue weighted by Gasteiger charge is 2.27. The van der Waals surface area contributed by atoms with Gasteiger partial charge >= 0.3 is 5.97 Å². The monoisotopic (exact) mass is 316 g/mol. The van der Waals surface area contributed by atoms with Gasteiger partial charge in [0, 0.05) is 29.9 Å². The lowest BCUT2D eigenvalue weighted by Gasteiger charge is -2.31. The van der Waals surface area contributed by atoms with Crippen LogP contribution in [-0.4, -0.2) is 35.5 Å². The standard InChI is InChI=1S/C14H18Cl2N2O2/c1-2-20-14(19)10-4-3-5-18(8-10)9-11-7-17-13(16)6-12(11)15/h6-7,10H,2-5,8-9H2,1H3. The molecule has 0 bridgehead atoms. The van der Waals surface area contributed by atoms with Crippen molar-refractivity contribution in [2.24, 2.45) is 5.92 Å². The van der Waals surface area contributed by atoms with Crippen molar-refractivity contribution in [3.05, 3.63) is 28.0 Å². The van der Waals surface area contributed by atoms with Crippen molar-refractivity contribution >= 4 is 29.2 Å². The van der Waals surface area contributed by atoms with Gasteiger partial charge < -0.3 is 4.74 Å². The number of rotatable bonds is 4. The average molecular weight is 317 g/mol. The summed E-state index contributed by atoms with van der Waals surface area (Å²) in [5, 5.41) is 1.00. The number of piperidine rings is 1. The van der Waals surface area contributed by atoms with E-state index < -0.39 is 0 Å². The van der Waals surface area contributed by atoms with Gasteiger partial charge in [-0.1, -0.05) is 23.2 Å². The fraction of sp³-hybridized carbons (Fsp3) is 0.571. The lowest BCUT2D eigenvalue weighted by molar-refractivity contribution is -0.150. The van der Waals surface area contributed by atoms with E-state index in [1.54, 1.807) is 12.3 Å². The third-order valence-corrected chi connectivity index (χ3v) is 3.97. The van der Waals surface area contributed by atoms with Gasteiger partial charge in [0.2, 0.25) is 0 Å². The van der Waals surface area contributed by atoms with Gasteiger partial charge in [0.25, 0.3) is 0 Å². The van der Waals surface area contributed by atoms with Crippen molar-refractivity contribution in [3.63, 3.8) is 0 Å². The van der Waals surface area contributed by atoms with E-state index >= 15 is 0 Å². The van der Waals surface area contributed by atoms with E-state index in [2.05, 4.69) is 9.88 Å². The fourth-order valence-corrected chi connectivity index (χ4v) is 2.87. The molecule has 20 heavy (non-hydrogen) atoms. The minimum atomic E-state index is -0.0995. The molecule has 0 radical (unpaired) electrons. The third kappa shape index (κ3) is 4.08. The Morgan fingerprint density at radius 2 is 2.35 bits per heavy atom. The highest BCUT2D eigenvalue weighted by atomic mass is 35.5. The molecule has 1 unspecified atom stereocenters. The molecule has 1 aliphatic rings. The number of pyridine rings is 1. The zero-order chi connectivity index (χ0) is 14.5. The summed E-state index contributed by atoms with van der Waals surface area (Å²) in [5.74, 6) is -0.139. The summed E-state index contributed by atoms with van der Waals surface area (Å²) in [6.45, 7) is 4.60. The summed E-state index contributed by atoms with van der Waals surface area (Å²) in [7, 11) is 0. The minimum absolute atomic E-state index is 0.0391. The van der Waals surface area contributed by atoms with E-state index in [0.29, 0.717) is 29.9 Å². The maximum atomic E-state index is 11.8. The first-order valence-electron chi connectivity index (χ1n) is 6.79. The van der Waals surface area contributed by atoms with Crippen LogP contribution in [0.5, 0.6) is 0 Å². The Morgan fingerprint density at radius 1 is 1.55 bits per heavy atom. The Hall–Kier alpha value is -0.840. The maximum Gasteiger partial charge on any atom is 0.310 e. The van der Waals surface area contributed by atoms with Crippen molar-refractivity contribution in [2.45, 2.75) is 26.3 Å². The van der Waals surface area contributed by atoms with Gasteiger partial charge in [-0.25, -0.2) is 4.98 Å². The van der Waals surface area contributed by atoms with Crippen LogP contribution in [0.4, 0.5) is 0 Å². The summed E-state index contributed by atoms with van der Waals surface area (Å²) >= 11 is 11.9. The van der Waals surface area contributed by atoms with E-state index in [1.165, 1.54) is 0 Å². The Morgan fingerprint density at radius 3 is 3.05 bits per heavy atom. The van der Waals surface area contributed by atoms with Crippen LogP contribution in [0.3, 0.4) is 0 Å². The largest absolute Gasteiger partial charge is 0.466 e. The Labute approximate surface area is 129 Å². The molecule has 1 aromatic rings. The summed E-state index contributed by atoms with van der Waals surface area (Å²) in [6.07, 6.45) is 3.57. The van der Waals surface area contributed by atoms with E-state index in [1.807, 2.05) is 6.92 Å². The molecule has 1 saturated heterocycles. The predicted molar refractivity (Wildman–Crippen MR) is 78.9 cm³/mol. The molecule has 0 amide bonds. The third-order valence-electron chi connectivity index (χ3n) is 3.42. The summed E-state index contributed by atoms with van der Waals surface area (Å²) in [5.41, 5.74) is 0.931. The molecular formula is C14H18Cl2N2O2. The first-order valence-corrected chi connectivity index (χ1v) is 7.54. The summed E-state index contributed by atoms with van der Waals surface area (Å²) < 4.78 is 5.10. The number of hydrogen-bond donors (Lipinski definition) is 0. The highest BCUT2D eigenvalue weighted by molar-refractivity contribution is 6.34. The van der Waals surface area contributed by atoms with Crippen LogP contribution in [0.1, 0.15) is 25.3 Å². The second-order valence-electron chi connectivity index (χ2n) is 4.92.